The summed E-state index contributed by atoms with van der Waals surface area (Å²) in [6.07, 6.45) is -0.0415. The highest BCUT2D eigenvalue weighted by Crippen LogP contribution is 2.28. The lowest BCUT2D eigenvalue weighted by Crippen LogP contribution is -2.52. The van der Waals surface area contributed by atoms with Crippen LogP contribution in [0.25, 0.3) is 0 Å². The first kappa shape index (κ1) is 19.1. The molecule has 2 fully saturated rings. The van der Waals surface area contributed by atoms with Crippen LogP contribution in [0.5, 0.6) is 5.75 Å². The first-order valence-electron chi connectivity index (χ1n) is 8.67. The zero-order chi connectivity index (χ0) is 18.7. The number of morpholine rings is 1. The van der Waals surface area contributed by atoms with Crippen molar-refractivity contribution in [3.05, 3.63) is 30.3 Å². The van der Waals surface area contributed by atoms with Crippen molar-refractivity contribution in [1.82, 2.24) is 13.5 Å². The van der Waals surface area contributed by atoms with Gasteiger partial charge in [0.1, 0.15) is 17.9 Å². The third-order valence-corrected chi connectivity index (χ3v) is 6.55. The Bertz CT molecular complexity index is 719. The van der Waals surface area contributed by atoms with E-state index in [1.165, 1.54) is 18.4 Å². The molecule has 2 atom stereocenters. The van der Waals surface area contributed by atoms with E-state index in [1.807, 2.05) is 30.3 Å². The minimum absolute atomic E-state index is 0.149. The fraction of sp³-hybridized carbons (Fsp3) is 0.588. The predicted molar refractivity (Wildman–Crippen MR) is 96.0 cm³/mol. The predicted octanol–water partition coefficient (Wildman–Crippen LogP) is 0.174. The topological polar surface area (TPSA) is 79.4 Å². The first-order valence-corrected chi connectivity index (χ1v) is 10.1. The average Bonchev–Trinajstić information content (AvgIpc) is 3.07. The van der Waals surface area contributed by atoms with Crippen molar-refractivity contribution in [2.75, 3.05) is 46.9 Å². The van der Waals surface area contributed by atoms with E-state index >= 15 is 0 Å². The second kappa shape index (κ2) is 7.91. The Morgan fingerprint density at radius 1 is 1.19 bits per heavy atom. The van der Waals surface area contributed by atoms with Gasteiger partial charge in [0.25, 0.3) is 10.2 Å². The molecule has 2 saturated heterocycles. The van der Waals surface area contributed by atoms with Crippen LogP contribution in [0.2, 0.25) is 0 Å². The summed E-state index contributed by atoms with van der Waals surface area (Å²) in [7, 11) is -0.788. The normalized spacial score (nSPS) is 24.8. The molecule has 0 saturated carbocycles. The number of hydrogen-bond acceptors (Lipinski definition) is 5. The molecule has 0 aromatic heterocycles. The van der Waals surface area contributed by atoms with Crippen molar-refractivity contribution in [3.8, 4) is 5.75 Å². The van der Waals surface area contributed by atoms with Crippen LogP contribution >= 0.6 is 0 Å². The number of carbonyl (C=O) groups is 1. The largest absolute Gasteiger partial charge is 0.489 e. The van der Waals surface area contributed by atoms with Gasteiger partial charge in [0, 0.05) is 33.6 Å². The maximum atomic E-state index is 13.0. The lowest BCUT2D eigenvalue weighted by molar-refractivity contribution is -0.138. The van der Waals surface area contributed by atoms with E-state index in [0.29, 0.717) is 38.5 Å². The van der Waals surface area contributed by atoms with Crippen molar-refractivity contribution in [3.63, 3.8) is 0 Å². The fourth-order valence-corrected chi connectivity index (χ4v) is 4.50. The van der Waals surface area contributed by atoms with Gasteiger partial charge in [0.2, 0.25) is 5.91 Å². The van der Waals surface area contributed by atoms with Gasteiger partial charge in [0.05, 0.1) is 19.8 Å². The molecule has 0 spiro atoms. The van der Waals surface area contributed by atoms with E-state index in [9.17, 15) is 13.2 Å². The van der Waals surface area contributed by atoms with Crippen molar-refractivity contribution in [2.45, 2.75) is 18.6 Å². The lowest BCUT2D eigenvalue weighted by atomic mass is 10.1. The van der Waals surface area contributed by atoms with Gasteiger partial charge in [-0.15, -0.1) is 0 Å². The summed E-state index contributed by atoms with van der Waals surface area (Å²) >= 11 is 0. The van der Waals surface area contributed by atoms with E-state index in [1.54, 1.807) is 4.90 Å². The molecule has 144 valence electrons. The Hall–Kier alpha value is -1.68. The SMILES string of the molecule is CN(C)S(=O)(=O)N1C[C@@H](Oc2ccccc2)C[C@H]1C(=O)N1CCOCC1. The van der Waals surface area contributed by atoms with Crippen LogP contribution < -0.4 is 4.74 Å². The fourth-order valence-electron chi connectivity index (χ4n) is 3.23. The van der Waals surface area contributed by atoms with Crippen LogP contribution in [0.1, 0.15) is 6.42 Å². The van der Waals surface area contributed by atoms with Gasteiger partial charge >= 0.3 is 0 Å². The molecule has 8 nitrogen and oxygen atoms in total. The molecule has 3 rings (SSSR count). The monoisotopic (exact) mass is 383 g/mol. The van der Waals surface area contributed by atoms with Crippen molar-refractivity contribution in [2.24, 2.45) is 0 Å². The molecule has 0 bridgehead atoms. The Balaban J connectivity index is 1.80. The molecule has 1 aromatic rings. The number of benzene rings is 1. The molecule has 0 aliphatic carbocycles. The standard InChI is InChI=1S/C17H25N3O5S/c1-18(2)26(22,23)20-13-15(25-14-6-4-3-5-7-14)12-16(20)17(21)19-8-10-24-11-9-19/h3-7,15-16H,8-13H2,1-2H3/t15-,16-/m0/s1. The zero-order valence-corrected chi connectivity index (χ0v) is 15.9. The van der Waals surface area contributed by atoms with Gasteiger partial charge in [-0.2, -0.15) is 17.0 Å². The number of carbonyl (C=O) groups excluding carboxylic acids is 1. The molecule has 2 aliphatic rings. The summed E-state index contributed by atoms with van der Waals surface area (Å²) in [5, 5.41) is 0. The number of hydrogen-bond donors (Lipinski definition) is 0. The molecule has 0 radical (unpaired) electrons. The van der Waals surface area contributed by atoms with E-state index in [-0.39, 0.29) is 18.6 Å². The highest BCUT2D eigenvalue weighted by Gasteiger charge is 2.46. The smallest absolute Gasteiger partial charge is 0.282 e. The quantitative estimate of drug-likeness (QED) is 0.724. The van der Waals surface area contributed by atoms with Gasteiger partial charge in [0.15, 0.2) is 0 Å². The second-order valence-corrected chi connectivity index (χ2v) is 8.70. The van der Waals surface area contributed by atoms with Crippen LogP contribution in [-0.2, 0) is 19.7 Å². The van der Waals surface area contributed by atoms with Crippen LogP contribution in [-0.4, -0.2) is 86.9 Å². The molecular formula is C17H25N3O5S. The molecule has 2 aliphatic heterocycles. The minimum Gasteiger partial charge on any atom is -0.489 e. The zero-order valence-electron chi connectivity index (χ0n) is 15.1. The molecule has 9 heteroatoms. The molecule has 1 aromatic carbocycles. The van der Waals surface area contributed by atoms with Crippen LogP contribution in [0.3, 0.4) is 0 Å². The number of para-hydroxylation sites is 1. The second-order valence-electron chi connectivity index (χ2n) is 6.60. The molecule has 2 heterocycles. The first-order chi connectivity index (χ1) is 12.4. The number of nitrogens with zero attached hydrogens (tertiary/aromatic N) is 3. The van der Waals surface area contributed by atoms with E-state index in [2.05, 4.69) is 0 Å². The maximum absolute atomic E-state index is 13.0. The average molecular weight is 383 g/mol. The Labute approximate surface area is 154 Å². The Morgan fingerprint density at radius 3 is 2.46 bits per heavy atom. The summed E-state index contributed by atoms with van der Waals surface area (Å²) in [5.74, 6) is 0.483. The molecule has 0 unspecified atom stereocenters. The van der Waals surface area contributed by atoms with Gasteiger partial charge in [-0.05, 0) is 12.1 Å². The van der Waals surface area contributed by atoms with Crippen LogP contribution in [0, 0.1) is 0 Å². The maximum Gasteiger partial charge on any atom is 0.282 e. The van der Waals surface area contributed by atoms with E-state index < -0.39 is 16.3 Å². The highest BCUT2D eigenvalue weighted by molar-refractivity contribution is 7.86. The summed E-state index contributed by atoms with van der Waals surface area (Å²) in [6.45, 7) is 2.06. The Morgan fingerprint density at radius 2 is 1.85 bits per heavy atom. The number of rotatable bonds is 5. The summed E-state index contributed by atoms with van der Waals surface area (Å²) in [5.41, 5.74) is 0. The van der Waals surface area contributed by atoms with E-state index in [0.717, 1.165) is 4.31 Å². The van der Waals surface area contributed by atoms with Crippen molar-refractivity contribution < 1.29 is 22.7 Å². The Kier molecular flexibility index (Phi) is 5.81. The van der Waals surface area contributed by atoms with Gasteiger partial charge in [-0.1, -0.05) is 18.2 Å². The van der Waals surface area contributed by atoms with Crippen molar-refractivity contribution in [1.29, 1.82) is 0 Å². The lowest BCUT2D eigenvalue weighted by Gasteiger charge is -2.32. The third kappa shape index (κ3) is 4.01. The van der Waals surface area contributed by atoms with Crippen LogP contribution in [0.4, 0.5) is 0 Å². The molecule has 0 N–H and O–H groups in total. The van der Waals surface area contributed by atoms with Gasteiger partial charge in [-0.25, -0.2) is 0 Å². The third-order valence-electron chi connectivity index (χ3n) is 4.63. The van der Waals surface area contributed by atoms with Gasteiger partial charge < -0.3 is 14.4 Å². The molecule has 26 heavy (non-hydrogen) atoms. The van der Waals surface area contributed by atoms with Crippen LogP contribution in [0.15, 0.2) is 30.3 Å². The highest BCUT2D eigenvalue weighted by atomic mass is 32.2. The van der Waals surface area contributed by atoms with E-state index in [4.69, 9.17) is 9.47 Å². The summed E-state index contributed by atoms with van der Waals surface area (Å²) in [4.78, 5) is 14.6. The van der Waals surface area contributed by atoms with Crippen molar-refractivity contribution >= 4 is 16.1 Å². The number of ether oxygens (including phenoxy) is 2. The summed E-state index contributed by atoms with van der Waals surface area (Å²) < 4.78 is 39.1. The van der Waals surface area contributed by atoms with Gasteiger partial charge in [-0.3, -0.25) is 4.79 Å². The summed E-state index contributed by atoms with van der Waals surface area (Å²) in [6, 6.07) is 8.48. The minimum atomic E-state index is -3.73. The molecule has 1 amide bonds. The number of amides is 1. The molecular weight excluding hydrogens is 358 g/mol.